The standard InChI is InChI=1S/C16H36N.C7H5N2/c1-5-9-13-17(14-10-6-2,15-11-7-3)16-12-8-4;1-2-4-7-6(3-1)8-5-9-7/h5-16H2,1-4H3;1-5H/q+1;-1. The second-order valence-corrected chi connectivity index (χ2v) is 7.51. The second-order valence-electron chi connectivity index (χ2n) is 7.51. The van der Waals surface area contributed by atoms with Crippen LogP contribution in [0.1, 0.15) is 79.1 Å². The number of quaternary nitrogens is 1. The van der Waals surface area contributed by atoms with Gasteiger partial charge >= 0.3 is 0 Å². The molecule has 26 heavy (non-hydrogen) atoms. The summed E-state index contributed by atoms with van der Waals surface area (Å²) in [5.74, 6) is 0. The zero-order valence-corrected chi connectivity index (χ0v) is 17.7. The number of benzene rings is 1. The molecule has 0 N–H and O–H groups in total. The number of hydrogen-bond acceptors (Lipinski definition) is 1. The number of fused-ring (bicyclic) bond motifs is 1. The van der Waals surface area contributed by atoms with Gasteiger partial charge in [-0.25, -0.2) is 0 Å². The summed E-state index contributed by atoms with van der Waals surface area (Å²) < 4.78 is 1.42. The van der Waals surface area contributed by atoms with Crippen molar-refractivity contribution in [2.24, 2.45) is 0 Å². The molecule has 0 amide bonds. The third-order valence-corrected chi connectivity index (χ3v) is 5.22. The lowest BCUT2D eigenvalue weighted by molar-refractivity contribution is -0.929. The molecule has 0 unspecified atom stereocenters. The van der Waals surface area contributed by atoms with E-state index in [0.717, 1.165) is 11.0 Å². The molecule has 1 aromatic heterocycles. The molecule has 0 aliphatic carbocycles. The van der Waals surface area contributed by atoms with E-state index < -0.39 is 0 Å². The van der Waals surface area contributed by atoms with Gasteiger partial charge < -0.3 is 14.5 Å². The van der Waals surface area contributed by atoms with Crippen LogP contribution in [0.15, 0.2) is 30.6 Å². The summed E-state index contributed by atoms with van der Waals surface area (Å²) in [5, 5.41) is 0. The van der Waals surface area contributed by atoms with E-state index in [4.69, 9.17) is 0 Å². The van der Waals surface area contributed by atoms with Gasteiger partial charge in [0.05, 0.1) is 26.2 Å². The Morgan fingerprint density at radius 3 is 1.62 bits per heavy atom. The molecule has 3 heteroatoms. The fourth-order valence-corrected chi connectivity index (χ4v) is 3.48. The van der Waals surface area contributed by atoms with Crippen LogP contribution in [0.25, 0.3) is 11.0 Å². The van der Waals surface area contributed by atoms with Crippen molar-refractivity contribution in [3.63, 3.8) is 0 Å². The Bertz CT molecular complexity index is 494. The summed E-state index contributed by atoms with van der Waals surface area (Å²) in [4.78, 5) is 8.02. The lowest BCUT2D eigenvalue weighted by Crippen LogP contribution is -2.50. The highest BCUT2D eigenvalue weighted by Gasteiger charge is 2.24. The molecule has 0 spiro atoms. The predicted octanol–water partition coefficient (Wildman–Crippen LogP) is 6.20. The summed E-state index contributed by atoms with van der Waals surface area (Å²) in [7, 11) is 0. The maximum atomic E-state index is 4.01. The second kappa shape index (κ2) is 13.8. The fourth-order valence-electron chi connectivity index (χ4n) is 3.48. The summed E-state index contributed by atoms with van der Waals surface area (Å²) in [6.07, 6.45) is 12.6. The predicted molar refractivity (Wildman–Crippen MR) is 114 cm³/mol. The Morgan fingerprint density at radius 1 is 0.731 bits per heavy atom. The average Bonchev–Trinajstić information content (AvgIpc) is 3.16. The molecule has 0 fully saturated rings. The van der Waals surface area contributed by atoms with Crippen LogP contribution in [0.2, 0.25) is 0 Å². The normalized spacial score (nSPS) is 11.4. The van der Waals surface area contributed by atoms with E-state index in [2.05, 4.69) is 37.7 Å². The highest BCUT2D eigenvalue weighted by Crippen LogP contribution is 2.16. The van der Waals surface area contributed by atoms with Crippen molar-refractivity contribution in [1.82, 2.24) is 9.97 Å². The molecule has 0 saturated carbocycles. The fraction of sp³-hybridized carbons (Fsp3) is 0.696. The minimum Gasteiger partial charge on any atom is -0.443 e. The maximum Gasteiger partial charge on any atom is 0.0786 e. The van der Waals surface area contributed by atoms with Gasteiger partial charge in [0.15, 0.2) is 0 Å². The number of unbranched alkanes of at least 4 members (excludes halogenated alkanes) is 4. The van der Waals surface area contributed by atoms with Gasteiger partial charge in [-0.15, -0.1) is 0 Å². The molecule has 3 nitrogen and oxygen atoms in total. The first-order chi connectivity index (χ1) is 12.7. The Balaban J connectivity index is 0.000000308. The highest BCUT2D eigenvalue weighted by molar-refractivity contribution is 5.73. The van der Waals surface area contributed by atoms with Crippen molar-refractivity contribution in [2.45, 2.75) is 79.1 Å². The van der Waals surface area contributed by atoms with Gasteiger partial charge in [0, 0.05) is 0 Å². The number of para-hydroxylation sites is 2. The number of hydrogen-bond donors (Lipinski definition) is 0. The topological polar surface area (TPSA) is 27.0 Å². The molecule has 1 heterocycles. The van der Waals surface area contributed by atoms with Gasteiger partial charge in [-0.3, -0.25) is 0 Å². The minimum absolute atomic E-state index is 0.970. The van der Waals surface area contributed by atoms with Crippen LogP contribution < -0.4 is 4.98 Å². The lowest BCUT2D eigenvalue weighted by atomic mass is 10.1. The van der Waals surface area contributed by atoms with E-state index >= 15 is 0 Å². The molecule has 0 atom stereocenters. The van der Waals surface area contributed by atoms with Crippen molar-refractivity contribution in [2.75, 3.05) is 26.2 Å². The highest BCUT2D eigenvalue weighted by atomic mass is 15.3. The van der Waals surface area contributed by atoms with Gasteiger partial charge in [0.1, 0.15) is 0 Å². The van der Waals surface area contributed by atoms with E-state index in [9.17, 15) is 0 Å². The average molecular weight is 360 g/mol. The molecule has 1 aromatic carbocycles. The van der Waals surface area contributed by atoms with Crippen molar-refractivity contribution < 1.29 is 4.48 Å². The molecule has 0 bridgehead atoms. The monoisotopic (exact) mass is 359 g/mol. The number of nitrogens with zero attached hydrogens (tertiary/aromatic N) is 3. The molecule has 148 valence electrons. The van der Waals surface area contributed by atoms with Crippen LogP contribution in [-0.2, 0) is 0 Å². The number of rotatable bonds is 12. The smallest absolute Gasteiger partial charge is 0.0786 e. The molecule has 0 aliphatic heterocycles. The van der Waals surface area contributed by atoms with E-state index in [0.29, 0.717) is 0 Å². The van der Waals surface area contributed by atoms with Crippen LogP contribution in [0.3, 0.4) is 0 Å². The minimum atomic E-state index is 0.970. The SMILES string of the molecule is CCCC[N+](CCCC)(CCCC)CCCC.c1ccc2[n-]cnc2c1. The number of aromatic nitrogens is 2. The van der Waals surface area contributed by atoms with E-state index in [1.807, 2.05) is 24.3 Å². The first kappa shape index (κ1) is 22.7. The van der Waals surface area contributed by atoms with Gasteiger partial charge in [-0.05, 0) is 36.7 Å². The van der Waals surface area contributed by atoms with Crippen molar-refractivity contribution in [3.8, 4) is 0 Å². The van der Waals surface area contributed by atoms with Crippen LogP contribution in [0.5, 0.6) is 0 Å². The molecular formula is C23H41N3. The van der Waals surface area contributed by atoms with Gasteiger partial charge in [0.25, 0.3) is 0 Å². The van der Waals surface area contributed by atoms with Crippen LogP contribution >= 0.6 is 0 Å². The molecule has 0 aliphatic rings. The van der Waals surface area contributed by atoms with Crippen molar-refractivity contribution in [1.29, 1.82) is 0 Å². The Labute approximate surface area is 161 Å². The number of imidazole rings is 1. The third kappa shape index (κ3) is 8.35. The zero-order valence-electron chi connectivity index (χ0n) is 17.7. The molecule has 0 radical (unpaired) electrons. The van der Waals surface area contributed by atoms with Gasteiger partial charge in [-0.1, -0.05) is 84.0 Å². The van der Waals surface area contributed by atoms with Gasteiger partial charge in [-0.2, -0.15) is 0 Å². The first-order valence-electron chi connectivity index (χ1n) is 10.9. The molecule has 2 rings (SSSR count). The van der Waals surface area contributed by atoms with Crippen molar-refractivity contribution in [3.05, 3.63) is 30.6 Å². The van der Waals surface area contributed by atoms with E-state index in [-0.39, 0.29) is 0 Å². The molecule has 2 aromatic rings. The van der Waals surface area contributed by atoms with Crippen LogP contribution in [0, 0.1) is 0 Å². The Morgan fingerprint density at radius 2 is 1.19 bits per heavy atom. The largest absolute Gasteiger partial charge is 0.443 e. The lowest BCUT2D eigenvalue weighted by Gasteiger charge is -2.39. The van der Waals surface area contributed by atoms with Crippen LogP contribution in [0.4, 0.5) is 0 Å². The van der Waals surface area contributed by atoms with Crippen LogP contribution in [-0.4, -0.2) is 35.6 Å². The molecule has 0 saturated heterocycles. The summed E-state index contributed by atoms with van der Waals surface area (Å²) in [6.45, 7) is 15.0. The summed E-state index contributed by atoms with van der Waals surface area (Å²) in [6, 6.07) is 7.80. The summed E-state index contributed by atoms with van der Waals surface area (Å²) >= 11 is 0. The Hall–Kier alpha value is -1.35. The van der Waals surface area contributed by atoms with Crippen molar-refractivity contribution >= 4 is 11.0 Å². The van der Waals surface area contributed by atoms with Gasteiger partial charge in [0.2, 0.25) is 0 Å². The quantitative estimate of drug-likeness (QED) is 0.422. The zero-order chi connectivity index (χ0) is 19.1. The Kier molecular flexibility index (Phi) is 12.0. The maximum absolute atomic E-state index is 4.01. The third-order valence-electron chi connectivity index (χ3n) is 5.22. The van der Waals surface area contributed by atoms with E-state index in [1.165, 1.54) is 82.0 Å². The van der Waals surface area contributed by atoms with E-state index in [1.54, 1.807) is 6.33 Å². The molecular weight excluding hydrogens is 318 g/mol. The summed E-state index contributed by atoms with van der Waals surface area (Å²) in [5.41, 5.74) is 1.94. The first-order valence-corrected chi connectivity index (χ1v) is 10.9.